The molecule has 0 aliphatic rings. The van der Waals surface area contributed by atoms with E-state index in [9.17, 15) is 9.90 Å². The Balaban J connectivity index is 1.61. The number of para-hydroxylation sites is 1. The van der Waals surface area contributed by atoms with Crippen LogP contribution in [0, 0.1) is 0 Å². The zero-order valence-corrected chi connectivity index (χ0v) is 14.2. The molecule has 0 atom stereocenters. The molecule has 0 aliphatic heterocycles. The van der Waals surface area contributed by atoms with Crippen LogP contribution >= 0.6 is 0 Å². The van der Waals surface area contributed by atoms with E-state index in [0.29, 0.717) is 5.69 Å². The third-order valence-corrected chi connectivity index (χ3v) is 4.12. The van der Waals surface area contributed by atoms with Gasteiger partial charge in [0.2, 0.25) is 0 Å². The third kappa shape index (κ3) is 3.55. The van der Waals surface area contributed by atoms with Gasteiger partial charge in [-0.2, -0.15) is 5.10 Å². The van der Waals surface area contributed by atoms with E-state index in [2.05, 4.69) is 20.5 Å². The first-order valence-electron chi connectivity index (χ1n) is 8.35. The highest BCUT2D eigenvalue weighted by atomic mass is 16.4. The minimum Gasteiger partial charge on any atom is -0.545 e. The van der Waals surface area contributed by atoms with Gasteiger partial charge in [-0.15, -0.1) is 0 Å². The van der Waals surface area contributed by atoms with E-state index in [1.165, 1.54) is 6.07 Å². The predicted molar refractivity (Wildman–Crippen MR) is 103 cm³/mol. The van der Waals surface area contributed by atoms with Gasteiger partial charge in [0, 0.05) is 28.5 Å². The van der Waals surface area contributed by atoms with Gasteiger partial charge in [0.1, 0.15) is 0 Å². The Hall–Kier alpha value is -3.93. The van der Waals surface area contributed by atoms with Gasteiger partial charge in [-0.05, 0) is 48.6 Å². The number of pyridine rings is 1. The Kier molecular flexibility index (Phi) is 4.37. The number of benzene rings is 2. The van der Waals surface area contributed by atoms with Crippen molar-refractivity contribution in [3.05, 3.63) is 83.8 Å². The number of aromatic carboxylic acids is 1. The second kappa shape index (κ2) is 7.13. The van der Waals surface area contributed by atoms with Crippen LogP contribution in [0.5, 0.6) is 0 Å². The van der Waals surface area contributed by atoms with Gasteiger partial charge in [0.25, 0.3) is 0 Å². The molecule has 0 saturated carbocycles. The molecule has 4 aromatic rings. The van der Waals surface area contributed by atoms with Crippen LogP contribution in [0.3, 0.4) is 0 Å². The van der Waals surface area contributed by atoms with Crippen LogP contribution in [0.15, 0.2) is 66.9 Å². The zero-order valence-electron chi connectivity index (χ0n) is 14.2. The number of carboxylic acids is 1. The van der Waals surface area contributed by atoms with Crippen LogP contribution < -0.4 is 10.4 Å². The standard InChI is InChI=1S/C21H16N4O2/c26-21(27)17-6-1-2-7-18(17)23-15-8-10-16-19(24-25-20(16)13-15)11-9-14-5-3-4-12-22-14/h1-13,23H,(H,24,25)(H,26,27)/p-1/b11-9+. The lowest BCUT2D eigenvalue weighted by atomic mass is 10.1. The Labute approximate surface area is 155 Å². The van der Waals surface area contributed by atoms with Crippen LogP contribution in [0.4, 0.5) is 11.4 Å². The van der Waals surface area contributed by atoms with Gasteiger partial charge in [-0.3, -0.25) is 10.1 Å². The van der Waals surface area contributed by atoms with Gasteiger partial charge in [-0.25, -0.2) is 0 Å². The molecule has 6 heteroatoms. The summed E-state index contributed by atoms with van der Waals surface area (Å²) in [6.07, 6.45) is 5.54. The number of aromatic nitrogens is 3. The molecule has 2 aromatic carbocycles. The summed E-state index contributed by atoms with van der Waals surface area (Å²) in [4.78, 5) is 15.5. The molecule has 0 saturated heterocycles. The van der Waals surface area contributed by atoms with Crippen molar-refractivity contribution >= 4 is 40.4 Å². The number of H-pyrrole nitrogens is 1. The lowest BCUT2D eigenvalue weighted by Crippen LogP contribution is -2.23. The fourth-order valence-electron chi connectivity index (χ4n) is 2.81. The third-order valence-electron chi connectivity index (χ3n) is 4.12. The van der Waals surface area contributed by atoms with Crippen molar-refractivity contribution in [3.63, 3.8) is 0 Å². The summed E-state index contributed by atoms with van der Waals surface area (Å²) in [5.74, 6) is -1.22. The number of hydrogen-bond acceptors (Lipinski definition) is 5. The summed E-state index contributed by atoms with van der Waals surface area (Å²) in [6, 6.07) is 18.0. The molecular formula is C21H15N4O2-. The normalized spacial score (nSPS) is 11.1. The lowest BCUT2D eigenvalue weighted by Gasteiger charge is -2.12. The number of carbonyl (C=O) groups is 1. The van der Waals surface area contributed by atoms with Crippen LogP contribution in [0.25, 0.3) is 23.1 Å². The van der Waals surface area contributed by atoms with Crippen LogP contribution in [0.1, 0.15) is 21.7 Å². The van der Waals surface area contributed by atoms with E-state index in [0.717, 1.165) is 28.0 Å². The summed E-state index contributed by atoms with van der Waals surface area (Å²) in [7, 11) is 0. The van der Waals surface area contributed by atoms with E-state index in [1.54, 1.807) is 24.4 Å². The average Bonchev–Trinajstić information content (AvgIpc) is 3.10. The first-order chi connectivity index (χ1) is 13.2. The quantitative estimate of drug-likeness (QED) is 0.573. The van der Waals surface area contributed by atoms with Gasteiger partial charge >= 0.3 is 0 Å². The minimum absolute atomic E-state index is 0.112. The minimum atomic E-state index is -1.22. The smallest absolute Gasteiger partial charge is 0.0928 e. The molecule has 0 radical (unpaired) electrons. The summed E-state index contributed by atoms with van der Waals surface area (Å²) in [6.45, 7) is 0. The SMILES string of the molecule is O=C([O-])c1ccccc1Nc1ccc2c(/C=C/c3ccccn3)n[nH]c2c1. The maximum atomic E-state index is 11.2. The highest BCUT2D eigenvalue weighted by Gasteiger charge is 2.06. The summed E-state index contributed by atoms with van der Waals surface area (Å²) < 4.78 is 0. The van der Waals surface area contributed by atoms with E-state index < -0.39 is 5.97 Å². The Bertz CT molecular complexity index is 1130. The molecule has 27 heavy (non-hydrogen) atoms. The van der Waals surface area contributed by atoms with E-state index in [-0.39, 0.29) is 5.56 Å². The van der Waals surface area contributed by atoms with Crippen molar-refractivity contribution in [2.75, 3.05) is 5.32 Å². The van der Waals surface area contributed by atoms with Crippen molar-refractivity contribution in [2.24, 2.45) is 0 Å². The molecule has 0 bridgehead atoms. The van der Waals surface area contributed by atoms with Gasteiger partial charge in [-0.1, -0.05) is 24.3 Å². The average molecular weight is 355 g/mol. The van der Waals surface area contributed by atoms with Crippen molar-refractivity contribution in [3.8, 4) is 0 Å². The fourth-order valence-corrected chi connectivity index (χ4v) is 2.81. The summed E-state index contributed by atoms with van der Waals surface area (Å²) in [5, 5.41) is 22.6. The highest BCUT2D eigenvalue weighted by molar-refractivity contribution is 5.95. The van der Waals surface area contributed by atoms with Crippen LogP contribution in [-0.4, -0.2) is 21.2 Å². The molecule has 6 nitrogen and oxygen atoms in total. The van der Waals surface area contributed by atoms with Crippen molar-refractivity contribution < 1.29 is 9.90 Å². The Morgan fingerprint density at radius 2 is 1.89 bits per heavy atom. The van der Waals surface area contributed by atoms with E-state index in [4.69, 9.17) is 0 Å². The maximum Gasteiger partial charge on any atom is 0.0928 e. The van der Waals surface area contributed by atoms with E-state index >= 15 is 0 Å². The Morgan fingerprint density at radius 3 is 2.70 bits per heavy atom. The number of anilines is 2. The van der Waals surface area contributed by atoms with Gasteiger partial charge in [0.15, 0.2) is 0 Å². The summed E-state index contributed by atoms with van der Waals surface area (Å²) in [5.41, 5.74) is 3.84. The molecule has 0 spiro atoms. The number of aromatic amines is 1. The van der Waals surface area contributed by atoms with Crippen molar-refractivity contribution in [2.45, 2.75) is 0 Å². The molecule has 132 valence electrons. The molecule has 0 aliphatic carbocycles. The van der Waals surface area contributed by atoms with E-state index in [1.807, 2.05) is 48.6 Å². The number of nitrogens with one attached hydrogen (secondary N) is 2. The number of nitrogens with zero attached hydrogens (tertiary/aromatic N) is 2. The molecule has 2 heterocycles. The number of rotatable bonds is 5. The van der Waals surface area contributed by atoms with Gasteiger partial charge < -0.3 is 15.2 Å². The van der Waals surface area contributed by atoms with Crippen LogP contribution in [0.2, 0.25) is 0 Å². The number of hydrogen-bond donors (Lipinski definition) is 2. The largest absolute Gasteiger partial charge is 0.545 e. The van der Waals surface area contributed by atoms with Crippen molar-refractivity contribution in [1.82, 2.24) is 15.2 Å². The molecular weight excluding hydrogens is 340 g/mol. The maximum absolute atomic E-state index is 11.2. The highest BCUT2D eigenvalue weighted by Crippen LogP contribution is 2.25. The van der Waals surface area contributed by atoms with Crippen LogP contribution in [-0.2, 0) is 0 Å². The molecule has 0 fully saturated rings. The molecule has 4 rings (SSSR count). The zero-order chi connectivity index (χ0) is 18.6. The number of carbonyl (C=O) groups excluding carboxylic acids is 1. The van der Waals surface area contributed by atoms with Crippen molar-refractivity contribution in [1.29, 1.82) is 0 Å². The van der Waals surface area contributed by atoms with Gasteiger partial charge in [0.05, 0.1) is 22.9 Å². The Morgan fingerprint density at radius 1 is 1.04 bits per heavy atom. The monoisotopic (exact) mass is 355 g/mol. The molecule has 0 amide bonds. The summed E-state index contributed by atoms with van der Waals surface area (Å²) >= 11 is 0. The molecule has 2 N–H and O–H groups in total. The first-order valence-corrected chi connectivity index (χ1v) is 8.35. The second-order valence-electron chi connectivity index (χ2n) is 5.92. The number of fused-ring (bicyclic) bond motifs is 1. The predicted octanol–water partition coefficient (Wildman–Crippen LogP) is 3.24. The first kappa shape index (κ1) is 16.5. The lowest BCUT2D eigenvalue weighted by molar-refractivity contribution is -0.254. The molecule has 2 aromatic heterocycles. The second-order valence-corrected chi connectivity index (χ2v) is 5.92. The molecule has 0 unspecified atom stereocenters. The fraction of sp³-hybridized carbons (Fsp3) is 0. The topological polar surface area (TPSA) is 93.7 Å². The number of carboxylic acid groups (broad SMARTS) is 1.